The number of nitriles is 1. The van der Waals surface area contributed by atoms with Crippen molar-refractivity contribution in [3.05, 3.63) is 35.4 Å². The van der Waals surface area contributed by atoms with Gasteiger partial charge < -0.3 is 15.0 Å². The third-order valence-corrected chi connectivity index (χ3v) is 5.61. The fraction of sp³-hybridized carbons (Fsp3) is 0.636. The molecule has 2 aliphatic rings. The zero-order chi connectivity index (χ0) is 18.9. The Morgan fingerprint density at radius 1 is 1.19 bits per heavy atom. The smallest absolute Gasteiger partial charge is 0.194 e. The molecule has 3 rings (SSSR count). The van der Waals surface area contributed by atoms with Crippen LogP contribution >= 0.6 is 0 Å². The molecule has 0 atom stereocenters. The number of guanidine groups is 1. The second-order valence-corrected chi connectivity index (χ2v) is 7.65. The molecule has 5 heteroatoms. The van der Waals surface area contributed by atoms with E-state index in [2.05, 4.69) is 23.2 Å². The second kappa shape index (κ2) is 10.3. The fourth-order valence-electron chi connectivity index (χ4n) is 3.96. The van der Waals surface area contributed by atoms with Crippen molar-refractivity contribution < 1.29 is 4.74 Å². The molecule has 1 heterocycles. The first kappa shape index (κ1) is 19.7. The predicted molar refractivity (Wildman–Crippen MR) is 108 cm³/mol. The summed E-state index contributed by atoms with van der Waals surface area (Å²) in [4.78, 5) is 7.15. The molecule has 1 aromatic carbocycles. The van der Waals surface area contributed by atoms with Gasteiger partial charge in [0, 0.05) is 26.2 Å². The minimum absolute atomic E-state index is 0.406. The van der Waals surface area contributed by atoms with Crippen LogP contribution in [-0.4, -0.2) is 43.2 Å². The fourth-order valence-corrected chi connectivity index (χ4v) is 3.96. The van der Waals surface area contributed by atoms with Crippen molar-refractivity contribution in [2.45, 2.75) is 58.1 Å². The van der Waals surface area contributed by atoms with Crippen molar-refractivity contribution in [3.63, 3.8) is 0 Å². The van der Waals surface area contributed by atoms with E-state index in [1.807, 2.05) is 24.3 Å². The highest BCUT2D eigenvalue weighted by Gasteiger charge is 2.23. The van der Waals surface area contributed by atoms with E-state index in [4.69, 9.17) is 15.0 Å². The predicted octanol–water partition coefficient (Wildman–Crippen LogP) is 3.69. The van der Waals surface area contributed by atoms with E-state index in [1.54, 1.807) is 0 Å². The summed E-state index contributed by atoms with van der Waals surface area (Å²) < 4.78 is 6.19. The third kappa shape index (κ3) is 5.97. The molecule has 0 aromatic heterocycles. The first-order valence-corrected chi connectivity index (χ1v) is 10.4. The van der Waals surface area contributed by atoms with Gasteiger partial charge in [0.15, 0.2) is 5.96 Å². The lowest BCUT2D eigenvalue weighted by atomic mass is 10.1. The van der Waals surface area contributed by atoms with E-state index in [0.29, 0.717) is 18.2 Å². The Morgan fingerprint density at radius 2 is 1.89 bits per heavy atom. The molecule has 2 fully saturated rings. The van der Waals surface area contributed by atoms with Crippen molar-refractivity contribution in [2.75, 3.05) is 26.2 Å². The summed E-state index contributed by atoms with van der Waals surface area (Å²) in [7, 11) is 0. The number of likely N-dealkylation sites (tertiary alicyclic amines) is 1. The van der Waals surface area contributed by atoms with E-state index in [-0.39, 0.29) is 0 Å². The maximum atomic E-state index is 8.90. The van der Waals surface area contributed by atoms with E-state index in [0.717, 1.165) is 56.5 Å². The van der Waals surface area contributed by atoms with Gasteiger partial charge >= 0.3 is 0 Å². The van der Waals surface area contributed by atoms with E-state index >= 15 is 0 Å². The molecule has 1 aliphatic heterocycles. The summed E-state index contributed by atoms with van der Waals surface area (Å²) in [6.45, 7) is 6.55. The van der Waals surface area contributed by atoms with Crippen LogP contribution in [0.15, 0.2) is 29.3 Å². The summed E-state index contributed by atoms with van der Waals surface area (Å²) in [5.74, 6) is 1.78. The monoisotopic (exact) mass is 368 g/mol. The number of rotatable bonds is 6. The van der Waals surface area contributed by atoms with Gasteiger partial charge in [-0.05, 0) is 56.2 Å². The first-order valence-electron chi connectivity index (χ1n) is 10.4. The Bertz CT molecular complexity index is 635. The lowest BCUT2D eigenvalue weighted by Crippen LogP contribution is -2.47. The Labute approximate surface area is 163 Å². The molecule has 0 bridgehead atoms. The van der Waals surface area contributed by atoms with Crippen LogP contribution in [-0.2, 0) is 11.3 Å². The van der Waals surface area contributed by atoms with Crippen LogP contribution in [0.3, 0.4) is 0 Å². The maximum Gasteiger partial charge on any atom is 0.194 e. The normalized spacial score (nSPS) is 19.3. The highest BCUT2D eigenvalue weighted by Crippen LogP contribution is 2.26. The molecule has 1 aliphatic carbocycles. The Balaban J connectivity index is 1.48. The van der Waals surface area contributed by atoms with Crippen molar-refractivity contribution in [2.24, 2.45) is 10.9 Å². The van der Waals surface area contributed by atoms with Gasteiger partial charge in [-0.25, -0.2) is 4.99 Å². The van der Waals surface area contributed by atoms with Crippen LogP contribution in [0, 0.1) is 17.2 Å². The lowest BCUT2D eigenvalue weighted by molar-refractivity contribution is 0.00101. The Kier molecular flexibility index (Phi) is 7.53. The zero-order valence-electron chi connectivity index (χ0n) is 16.5. The van der Waals surface area contributed by atoms with Gasteiger partial charge in [-0.3, -0.25) is 0 Å². The molecule has 27 heavy (non-hydrogen) atoms. The van der Waals surface area contributed by atoms with Gasteiger partial charge in [0.2, 0.25) is 0 Å². The molecule has 5 nitrogen and oxygen atoms in total. The van der Waals surface area contributed by atoms with Gasteiger partial charge in [-0.2, -0.15) is 5.26 Å². The number of benzene rings is 1. The first-order chi connectivity index (χ1) is 13.3. The number of nitrogens with zero attached hydrogens (tertiary/aromatic N) is 3. The van der Waals surface area contributed by atoms with Crippen LogP contribution in [0.1, 0.15) is 56.6 Å². The average molecular weight is 369 g/mol. The molecular formula is C22H32N4O. The van der Waals surface area contributed by atoms with E-state index in [1.165, 1.54) is 25.7 Å². The Hall–Kier alpha value is -2.06. The topological polar surface area (TPSA) is 60.7 Å². The zero-order valence-corrected chi connectivity index (χ0v) is 16.5. The van der Waals surface area contributed by atoms with Crippen LogP contribution in [0.5, 0.6) is 0 Å². The minimum atomic E-state index is 0.406. The van der Waals surface area contributed by atoms with Gasteiger partial charge in [-0.1, -0.05) is 25.0 Å². The molecule has 0 spiro atoms. The summed E-state index contributed by atoms with van der Waals surface area (Å²) >= 11 is 0. The van der Waals surface area contributed by atoms with Crippen LogP contribution in [0.4, 0.5) is 0 Å². The van der Waals surface area contributed by atoms with Crippen LogP contribution in [0.25, 0.3) is 0 Å². The van der Waals surface area contributed by atoms with Crippen LogP contribution in [0.2, 0.25) is 0 Å². The summed E-state index contributed by atoms with van der Waals surface area (Å²) in [5.41, 5.74) is 1.81. The highest BCUT2D eigenvalue weighted by atomic mass is 16.5. The number of hydrogen-bond donors (Lipinski definition) is 1. The highest BCUT2D eigenvalue weighted by molar-refractivity contribution is 5.80. The number of ether oxygens (including phenoxy) is 1. The summed E-state index contributed by atoms with van der Waals surface area (Å²) in [6, 6.07) is 9.82. The molecular weight excluding hydrogens is 336 g/mol. The molecule has 0 radical (unpaired) electrons. The van der Waals surface area contributed by atoms with Crippen LogP contribution < -0.4 is 5.32 Å². The van der Waals surface area contributed by atoms with E-state index < -0.39 is 0 Å². The molecule has 0 unspecified atom stereocenters. The summed E-state index contributed by atoms with van der Waals surface area (Å²) in [5, 5.41) is 12.3. The number of aliphatic imine (C=N–C) groups is 1. The number of piperidine rings is 1. The quantitative estimate of drug-likeness (QED) is 0.614. The molecule has 0 amide bonds. The third-order valence-electron chi connectivity index (χ3n) is 5.61. The molecule has 1 saturated heterocycles. The summed E-state index contributed by atoms with van der Waals surface area (Å²) in [6.07, 6.45) is 8.03. The van der Waals surface area contributed by atoms with Crippen molar-refractivity contribution in [1.82, 2.24) is 10.2 Å². The molecule has 146 valence electrons. The van der Waals surface area contributed by atoms with Crippen molar-refractivity contribution in [1.29, 1.82) is 5.26 Å². The van der Waals surface area contributed by atoms with Gasteiger partial charge in [0.1, 0.15) is 0 Å². The van der Waals surface area contributed by atoms with Crippen molar-refractivity contribution in [3.8, 4) is 6.07 Å². The molecule has 1 saturated carbocycles. The molecule has 1 N–H and O–H groups in total. The molecule has 1 aromatic rings. The lowest BCUT2D eigenvalue weighted by Gasteiger charge is -2.34. The van der Waals surface area contributed by atoms with Gasteiger partial charge in [-0.15, -0.1) is 0 Å². The maximum absolute atomic E-state index is 8.90. The van der Waals surface area contributed by atoms with Crippen molar-refractivity contribution >= 4 is 5.96 Å². The SMILES string of the molecule is CCNC(=NCc1ccc(C#N)cc1)N1CCC(OCC2CCCC2)CC1. The largest absolute Gasteiger partial charge is 0.378 e. The average Bonchev–Trinajstić information content (AvgIpc) is 3.24. The second-order valence-electron chi connectivity index (χ2n) is 7.65. The minimum Gasteiger partial charge on any atom is -0.378 e. The number of hydrogen-bond acceptors (Lipinski definition) is 3. The van der Waals surface area contributed by atoms with Gasteiger partial charge in [0.25, 0.3) is 0 Å². The Morgan fingerprint density at radius 3 is 2.52 bits per heavy atom. The van der Waals surface area contributed by atoms with Gasteiger partial charge in [0.05, 0.1) is 24.3 Å². The standard InChI is InChI=1S/C22H32N4O/c1-2-24-22(25-16-19-9-7-18(15-23)8-10-19)26-13-11-21(12-14-26)27-17-20-5-3-4-6-20/h7-10,20-21H,2-6,11-14,16-17H2,1H3,(H,24,25). The van der Waals surface area contributed by atoms with E-state index in [9.17, 15) is 0 Å². The number of nitrogens with one attached hydrogen (secondary N) is 1.